The van der Waals surface area contributed by atoms with Gasteiger partial charge in [-0.05, 0) is 74.6 Å². The Morgan fingerprint density at radius 1 is 1.14 bits per heavy atom. The number of ether oxygens (including phenoxy) is 1. The quantitative estimate of drug-likeness (QED) is 0.340. The summed E-state index contributed by atoms with van der Waals surface area (Å²) in [5, 5.41) is 12.4. The molecule has 3 N–H and O–H groups in total. The molecule has 11 nitrogen and oxygen atoms in total. The summed E-state index contributed by atoms with van der Waals surface area (Å²) in [5.41, 5.74) is 2.29. The van der Waals surface area contributed by atoms with Crippen molar-refractivity contribution in [2.75, 3.05) is 20.2 Å². The highest BCUT2D eigenvalue weighted by Gasteiger charge is 2.42. The zero-order valence-corrected chi connectivity index (χ0v) is 21.4. The summed E-state index contributed by atoms with van der Waals surface area (Å²) in [5.74, 6) is -0.771. The van der Waals surface area contributed by atoms with E-state index in [1.807, 2.05) is 13.8 Å². The first-order valence-electron chi connectivity index (χ1n) is 11.7. The van der Waals surface area contributed by atoms with Crippen LogP contribution in [0.1, 0.15) is 32.3 Å². The van der Waals surface area contributed by atoms with E-state index in [0.717, 1.165) is 4.31 Å². The first-order chi connectivity index (χ1) is 17.2. The molecule has 3 amide bonds. The van der Waals surface area contributed by atoms with Gasteiger partial charge in [-0.1, -0.05) is 0 Å². The highest BCUT2D eigenvalue weighted by Crippen LogP contribution is 2.31. The van der Waals surface area contributed by atoms with Crippen LogP contribution in [0, 0.1) is 5.92 Å². The van der Waals surface area contributed by atoms with Gasteiger partial charge in [0.05, 0.1) is 12.0 Å². The highest BCUT2D eigenvalue weighted by molar-refractivity contribution is 7.89. The van der Waals surface area contributed by atoms with E-state index < -0.39 is 27.9 Å². The molecule has 3 rings (SSSR count). The van der Waals surface area contributed by atoms with Crippen molar-refractivity contribution in [1.29, 1.82) is 0 Å². The predicted octanol–water partition coefficient (Wildman–Crippen LogP) is 1.99. The minimum atomic E-state index is -4.18. The van der Waals surface area contributed by atoms with Crippen molar-refractivity contribution in [3.8, 4) is 5.75 Å². The van der Waals surface area contributed by atoms with Crippen molar-refractivity contribution in [3.63, 3.8) is 0 Å². The van der Waals surface area contributed by atoms with Crippen molar-refractivity contribution < 1.29 is 28.0 Å². The summed E-state index contributed by atoms with van der Waals surface area (Å²) in [6.07, 6.45) is 3.85. The lowest BCUT2D eigenvalue weighted by Crippen LogP contribution is -2.55. The molecule has 0 aliphatic carbocycles. The van der Waals surface area contributed by atoms with Crippen LogP contribution in [0.15, 0.2) is 53.7 Å². The molecule has 1 aliphatic heterocycles. The maximum absolute atomic E-state index is 13.9. The Balaban J connectivity index is 1.95. The van der Waals surface area contributed by atoms with Crippen LogP contribution < -0.4 is 15.5 Å². The number of likely N-dealkylation sites (tertiary alicyclic amines) is 1. The van der Waals surface area contributed by atoms with Gasteiger partial charge < -0.3 is 15.0 Å². The van der Waals surface area contributed by atoms with Crippen LogP contribution >= 0.6 is 0 Å². The monoisotopic (exact) mass is 519 g/mol. The Hall–Kier alpha value is -3.22. The largest absolute Gasteiger partial charge is 0.497 e. The molecule has 12 heteroatoms. The lowest BCUT2D eigenvalue weighted by Gasteiger charge is -2.39. The second-order valence-corrected chi connectivity index (χ2v) is 10.8. The van der Waals surface area contributed by atoms with Crippen molar-refractivity contribution in [2.45, 2.75) is 50.2 Å². The summed E-state index contributed by atoms with van der Waals surface area (Å²) in [7, 11) is -2.70. The van der Waals surface area contributed by atoms with Gasteiger partial charge in [0.25, 0.3) is 5.91 Å². The highest BCUT2D eigenvalue weighted by atomic mass is 32.2. The molecule has 0 saturated carbocycles. The molecule has 196 valence electrons. The van der Waals surface area contributed by atoms with E-state index in [-0.39, 0.29) is 23.5 Å². The number of benzene rings is 1. The number of methoxy groups -OCH3 is 1. The van der Waals surface area contributed by atoms with Crippen LogP contribution in [0.4, 0.5) is 4.79 Å². The summed E-state index contributed by atoms with van der Waals surface area (Å²) in [6, 6.07) is 7.81. The second kappa shape index (κ2) is 12.2. The van der Waals surface area contributed by atoms with E-state index in [9.17, 15) is 23.2 Å². The van der Waals surface area contributed by atoms with Gasteiger partial charge in [-0.2, -0.15) is 4.31 Å². The van der Waals surface area contributed by atoms with E-state index in [1.54, 1.807) is 34.9 Å². The third kappa shape index (κ3) is 6.50. The molecule has 2 heterocycles. The average molecular weight is 520 g/mol. The number of pyridine rings is 1. The summed E-state index contributed by atoms with van der Waals surface area (Å²) in [4.78, 5) is 31.0. The van der Waals surface area contributed by atoms with Crippen molar-refractivity contribution >= 4 is 22.0 Å². The first-order valence-corrected chi connectivity index (χ1v) is 13.2. The molecule has 0 bridgehead atoms. The summed E-state index contributed by atoms with van der Waals surface area (Å²) < 4.78 is 34.0. The smallest absolute Gasteiger partial charge is 0.317 e. The molecule has 1 saturated heterocycles. The minimum Gasteiger partial charge on any atom is -0.497 e. The number of rotatable bonds is 9. The normalized spacial score (nSPS) is 15.6. The molecule has 1 aromatic carbocycles. The number of hydroxylamine groups is 1. The Morgan fingerprint density at radius 3 is 2.28 bits per heavy atom. The molecule has 1 aliphatic rings. The van der Waals surface area contributed by atoms with Crippen LogP contribution in [0.3, 0.4) is 0 Å². The number of nitrogens with zero attached hydrogens (tertiary/aromatic N) is 3. The molecule has 2 aromatic rings. The van der Waals surface area contributed by atoms with E-state index >= 15 is 0 Å². The van der Waals surface area contributed by atoms with Crippen LogP contribution in [0.5, 0.6) is 5.75 Å². The lowest BCUT2D eigenvalue weighted by molar-refractivity contribution is -0.135. The third-order valence-corrected chi connectivity index (χ3v) is 7.97. The Labute approximate surface area is 211 Å². The van der Waals surface area contributed by atoms with E-state index in [0.29, 0.717) is 37.2 Å². The van der Waals surface area contributed by atoms with Gasteiger partial charge >= 0.3 is 6.03 Å². The van der Waals surface area contributed by atoms with Gasteiger partial charge in [0.2, 0.25) is 10.0 Å². The molecule has 0 radical (unpaired) electrons. The average Bonchev–Trinajstić information content (AvgIpc) is 2.88. The van der Waals surface area contributed by atoms with Crippen molar-refractivity contribution in [2.24, 2.45) is 5.92 Å². The maximum atomic E-state index is 13.9. The van der Waals surface area contributed by atoms with Crippen LogP contribution in [0.2, 0.25) is 0 Å². The lowest BCUT2D eigenvalue weighted by atomic mass is 9.88. The van der Waals surface area contributed by atoms with Crippen LogP contribution in [0.25, 0.3) is 0 Å². The molecule has 1 aromatic heterocycles. The standard InChI is InChI=1S/C24H33N5O6S/c1-17(2)26-24(31)28-14-10-19(11-15-28)22(23(30)27-32)29(16-18-8-12-25-13-9-18)36(33,34)21-6-4-20(35-3)5-7-21/h4-9,12-13,17,19,22,32H,10-11,14-16H2,1-3H3,(H,26,31)(H,27,30)/t22-/m1/s1. The number of sulfonamides is 1. The molecule has 1 atom stereocenters. The Bertz CT molecular complexity index is 1120. The third-order valence-electron chi connectivity index (χ3n) is 6.13. The fourth-order valence-electron chi connectivity index (χ4n) is 4.29. The zero-order valence-electron chi connectivity index (χ0n) is 20.6. The summed E-state index contributed by atoms with van der Waals surface area (Å²) in [6.45, 7) is 4.33. The molecule has 36 heavy (non-hydrogen) atoms. The Morgan fingerprint density at radius 2 is 1.75 bits per heavy atom. The van der Waals surface area contributed by atoms with Gasteiger partial charge in [0.1, 0.15) is 11.8 Å². The van der Waals surface area contributed by atoms with Crippen molar-refractivity contribution in [1.82, 2.24) is 25.0 Å². The molecule has 0 unspecified atom stereocenters. The van der Waals surface area contributed by atoms with Gasteiger partial charge in [-0.15, -0.1) is 0 Å². The topological polar surface area (TPSA) is 141 Å². The molecule has 1 fully saturated rings. The predicted molar refractivity (Wildman–Crippen MR) is 132 cm³/mol. The number of hydrogen-bond donors (Lipinski definition) is 3. The zero-order chi connectivity index (χ0) is 26.3. The van der Waals surface area contributed by atoms with Gasteiger partial charge in [0.15, 0.2) is 0 Å². The fraction of sp³-hybridized carbons (Fsp3) is 0.458. The second-order valence-electron chi connectivity index (χ2n) is 8.93. The van der Waals surface area contributed by atoms with Crippen LogP contribution in [-0.2, 0) is 21.4 Å². The van der Waals surface area contributed by atoms with E-state index in [2.05, 4.69) is 10.3 Å². The number of hydrogen-bond acceptors (Lipinski definition) is 7. The maximum Gasteiger partial charge on any atom is 0.317 e. The number of urea groups is 1. The van der Waals surface area contributed by atoms with Gasteiger partial charge in [-0.25, -0.2) is 18.7 Å². The number of amides is 3. The van der Waals surface area contributed by atoms with E-state index in [1.165, 1.54) is 31.4 Å². The number of carbonyl (C=O) groups is 2. The van der Waals surface area contributed by atoms with Gasteiger partial charge in [-0.3, -0.25) is 15.0 Å². The van der Waals surface area contributed by atoms with Crippen LogP contribution in [-0.4, -0.2) is 72.0 Å². The molecular formula is C24H33N5O6S. The number of aromatic nitrogens is 1. The number of piperidine rings is 1. The molecular weight excluding hydrogens is 486 g/mol. The SMILES string of the molecule is COc1ccc(S(=O)(=O)N(Cc2ccncc2)[C@@H](C(=O)NO)C2CCN(C(=O)NC(C)C)CC2)cc1. The minimum absolute atomic E-state index is 0.0122. The summed E-state index contributed by atoms with van der Waals surface area (Å²) >= 11 is 0. The first kappa shape index (κ1) is 27.4. The van der Waals surface area contributed by atoms with E-state index in [4.69, 9.17) is 4.74 Å². The number of nitrogens with one attached hydrogen (secondary N) is 2. The fourth-order valence-corrected chi connectivity index (χ4v) is 5.92. The van der Waals surface area contributed by atoms with Crippen molar-refractivity contribution in [3.05, 3.63) is 54.4 Å². The Kier molecular flexibility index (Phi) is 9.24. The van der Waals surface area contributed by atoms with Gasteiger partial charge in [0, 0.05) is 38.1 Å². The number of carbonyl (C=O) groups excluding carboxylic acids is 2. The molecule has 0 spiro atoms.